The molecule has 9 heteroatoms. The quantitative estimate of drug-likeness (QED) is 0.634. The molecule has 1 aliphatic rings. The van der Waals surface area contributed by atoms with E-state index in [1.807, 2.05) is 0 Å². The van der Waals surface area contributed by atoms with Crippen molar-refractivity contribution in [2.24, 2.45) is 0 Å². The summed E-state index contributed by atoms with van der Waals surface area (Å²) in [5, 5.41) is 20.2. The average Bonchev–Trinajstić information content (AvgIpc) is 2.73. The molecule has 8 nitrogen and oxygen atoms in total. The molecule has 1 saturated heterocycles. The van der Waals surface area contributed by atoms with Crippen molar-refractivity contribution in [2.75, 3.05) is 12.3 Å². The van der Waals surface area contributed by atoms with Crippen molar-refractivity contribution in [1.29, 1.82) is 0 Å². The second-order valence-corrected chi connectivity index (χ2v) is 10.5. The van der Waals surface area contributed by atoms with Crippen LogP contribution in [-0.2, 0) is 9.16 Å². The van der Waals surface area contributed by atoms with Gasteiger partial charge < -0.3 is 25.1 Å². The van der Waals surface area contributed by atoms with Crippen molar-refractivity contribution in [3.8, 4) is 0 Å². The van der Waals surface area contributed by atoms with E-state index < -0.39 is 38.5 Å². The highest BCUT2D eigenvalue weighted by molar-refractivity contribution is 6.71. The van der Waals surface area contributed by atoms with Crippen LogP contribution in [0.1, 0.15) is 13.2 Å². The summed E-state index contributed by atoms with van der Waals surface area (Å²) in [5.74, 6) is 0.0878. The van der Waals surface area contributed by atoms with Gasteiger partial charge in [0.15, 0.2) is 14.5 Å². The first-order chi connectivity index (χ1) is 10.2. The van der Waals surface area contributed by atoms with E-state index in [0.29, 0.717) is 0 Å². The van der Waals surface area contributed by atoms with Crippen molar-refractivity contribution in [2.45, 2.75) is 50.6 Å². The Morgan fingerprint density at radius 3 is 2.73 bits per heavy atom. The molecular weight excluding hydrogens is 306 g/mol. The molecule has 4 atom stereocenters. The molecular formula is C13H23N3O5Si. The van der Waals surface area contributed by atoms with E-state index in [1.54, 1.807) is 0 Å². The third-order valence-electron chi connectivity index (χ3n) is 3.95. The van der Waals surface area contributed by atoms with Gasteiger partial charge in [-0.15, -0.1) is 0 Å². The van der Waals surface area contributed by atoms with Gasteiger partial charge in [-0.3, -0.25) is 4.57 Å². The molecule has 4 unspecified atom stereocenters. The van der Waals surface area contributed by atoms with Crippen LogP contribution in [0.25, 0.3) is 0 Å². The summed E-state index contributed by atoms with van der Waals surface area (Å²) in [5.41, 5.74) is 4.80. The molecule has 1 fully saturated rings. The molecule has 0 bridgehead atoms. The van der Waals surface area contributed by atoms with E-state index in [1.165, 1.54) is 12.3 Å². The van der Waals surface area contributed by atoms with Crippen LogP contribution in [0, 0.1) is 0 Å². The summed E-state index contributed by atoms with van der Waals surface area (Å²) in [6.07, 6.45) is -2.67. The van der Waals surface area contributed by atoms with Crippen molar-refractivity contribution >= 4 is 14.1 Å². The summed E-state index contributed by atoms with van der Waals surface area (Å²) in [7, 11) is -1.79. The van der Waals surface area contributed by atoms with Gasteiger partial charge in [0.25, 0.3) is 0 Å². The van der Waals surface area contributed by atoms with Crippen LogP contribution >= 0.6 is 0 Å². The third kappa shape index (κ3) is 3.55. The number of aliphatic hydroxyl groups excluding tert-OH is 2. The van der Waals surface area contributed by atoms with Crippen LogP contribution in [0.4, 0.5) is 5.82 Å². The van der Waals surface area contributed by atoms with Gasteiger partial charge in [-0.25, -0.2) is 4.79 Å². The SMILES string of the molecule is CC[Si](C)(C)OCC1OC(n2ccc(N)nc2=O)C(O)C1O. The molecule has 124 valence electrons. The maximum Gasteiger partial charge on any atom is 0.351 e. The van der Waals surface area contributed by atoms with E-state index in [4.69, 9.17) is 14.9 Å². The minimum Gasteiger partial charge on any atom is -0.415 e. The van der Waals surface area contributed by atoms with Gasteiger partial charge in [-0.1, -0.05) is 6.92 Å². The molecule has 1 aromatic rings. The molecule has 0 aliphatic carbocycles. The Bertz CT molecular complexity index is 579. The fourth-order valence-electron chi connectivity index (χ4n) is 2.13. The standard InChI is InChI=1S/C13H23N3O5Si/c1-4-22(2,3)20-7-8-10(17)11(18)12(21-8)16-6-5-9(14)15-13(16)19/h5-6,8,10-12,17-18H,4,7H2,1-3H3,(H2,14,15,19). The Morgan fingerprint density at radius 2 is 2.14 bits per heavy atom. The molecule has 2 rings (SSSR count). The monoisotopic (exact) mass is 329 g/mol. The van der Waals surface area contributed by atoms with Crippen molar-refractivity contribution < 1.29 is 19.4 Å². The van der Waals surface area contributed by atoms with Gasteiger partial charge in [-0.05, 0) is 25.2 Å². The Hall–Kier alpha value is -1.26. The van der Waals surface area contributed by atoms with E-state index in [2.05, 4.69) is 25.0 Å². The number of anilines is 1. The van der Waals surface area contributed by atoms with E-state index in [9.17, 15) is 15.0 Å². The number of nitrogens with two attached hydrogens (primary N) is 1. The Morgan fingerprint density at radius 1 is 1.45 bits per heavy atom. The van der Waals surface area contributed by atoms with Crippen molar-refractivity contribution in [1.82, 2.24) is 9.55 Å². The molecule has 0 amide bonds. The zero-order valence-corrected chi connectivity index (χ0v) is 14.0. The third-order valence-corrected chi connectivity index (χ3v) is 6.60. The second kappa shape index (κ2) is 6.47. The summed E-state index contributed by atoms with van der Waals surface area (Å²) < 4.78 is 12.6. The summed E-state index contributed by atoms with van der Waals surface area (Å²) in [4.78, 5) is 15.4. The van der Waals surface area contributed by atoms with E-state index >= 15 is 0 Å². The molecule has 1 aliphatic heterocycles. The topological polar surface area (TPSA) is 120 Å². The lowest BCUT2D eigenvalue weighted by atomic mass is 10.1. The van der Waals surface area contributed by atoms with Gasteiger partial charge in [0.05, 0.1) is 6.61 Å². The van der Waals surface area contributed by atoms with Crippen LogP contribution in [0.5, 0.6) is 0 Å². The molecule has 0 radical (unpaired) electrons. The van der Waals surface area contributed by atoms with E-state index in [-0.39, 0.29) is 12.4 Å². The molecule has 22 heavy (non-hydrogen) atoms. The molecule has 4 N–H and O–H groups in total. The normalized spacial score (nSPS) is 29.0. The summed E-state index contributed by atoms with van der Waals surface area (Å²) >= 11 is 0. The Balaban J connectivity index is 2.11. The zero-order chi connectivity index (χ0) is 16.5. The van der Waals surface area contributed by atoms with Gasteiger partial charge in [0.2, 0.25) is 0 Å². The minimum atomic E-state index is -1.79. The summed E-state index contributed by atoms with van der Waals surface area (Å²) in [6, 6.07) is 2.37. The fourth-order valence-corrected chi connectivity index (χ4v) is 2.95. The Kier molecular flexibility index (Phi) is 5.02. The number of aromatic nitrogens is 2. The van der Waals surface area contributed by atoms with Crippen LogP contribution in [0.15, 0.2) is 17.1 Å². The van der Waals surface area contributed by atoms with E-state index in [0.717, 1.165) is 10.6 Å². The van der Waals surface area contributed by atoms with Gasteiger partial charge >= 0.3 is 5.69 Å². The molecule has 2 heterocycles. The lowest BCUT2D eigenvalue weighted by Crippen LogP contribution is -2.39. The number of hydrogen-bond donors (Lipinski definition) is 3. The first-order valence-electron chi connectivity index (χ1n) is 7.25. The maximum atomic E-state index is 11.8. The number of rotatable bonds is 5. The fraction of sp³-hybridized carbons (Fsp3) is 0.692. The average molecular weight is 329 g/mol. The number of hydrogen-bond acceptors (Lipinski definition) is 7. The Labute approximate surface area is 129 Å². The predicted octanol–water partition coefficient (Wildman–Crippen LogP) is -0.314. The van der Waals surface area contributed by atoms with Crippen LogP contribution < -0.4 is 11.4 Å². The van der Waals surface area contributed by atoms with Gasteiger partial charge in [-0.2, -0.15) is 4.98 Å². The highest BCUT2D eigenvalue weighted by atomic mass is 28.4. The molecule has 1 aromatic heterocycles. The van der Waals surface area contributed by atoms with Gasteiger partial charge in [0, 0.05) is 6.20 Å². The predicted molar refractivity (Wildman–Crippen MR) is 82.7 cm³/mol. The van der Waals surface area contributed by atoms with Crippen molar-refractivity contribution in [3.63, 3.8) is 0 Å². The minimum absolute atomic E-state index is 0.0878. The van der Waals surface area contributed by atoms with Crippen LogP contribution in [0.3, 0.4) is 0 Å². The largest absolute Gasteiger partial charge is 0.415 e. The van der Waals surface area contributed by atoms with Crippen molar-refractivity contribution in [3.05, 3.63) is 22.7 Å². The number of nitrogen functional groups attached to an aromatic ring is 1. The number of aliphatic hydroxyl groups is 2. The van der Waals surface area contributed by atoms with Crippen LogP contribution in [-0.4, -0.2) is 53.0 Å². The highest BCUT2D eigenvalue weighted by Crippen LogP contribution is 2.29. The second-order valence-electron chi connectivity index (χ2n) is 6.01. The molecule has 0 saturated carbocycles. The number of ether oxygens (including phenoxy) is 1. The molecule has 0 aromatic carbocycles. The van der Waals surface area contributed by atoms with Gasteiger partial charge in [0.1, 0.15) is 24.1 Å². The smallest absolute Gasteiger partial charge is 0.351 e. The maximum absolute atomic E-state index is 11.8. The summed E-state index contributed by atoms with van der Waals surface area (Å²) in [6.45, 7) is 6.36. The number of nitrogens with zero attached hydrogens (tertiary/aromatic N) is 2. The lowest BCUT2D eigenvalue weighted by Gasteiger charge is -2.24. The zero-order valence-electron chi connectivity index (χ0n) is 13.0. The highest BCUT2D eigenvalue weighted by Gasteiger charge is 2.44. The van der Waals surface area contributed by atoms with Crippen LogP contribution in [0.2, 0.25) is 19.1 Å². The first-order valence-corrected chi connectivity index (χ1v) is 10.4. The molecule has 0 spiro atoms. The first kappa shape index (κ1) is 17.1. The lowest BCUT2D eigenvalue weighted by molar-refractivity contribution is -0.0525.